The Kier molecular flexibility index (Phi) is 1.44. The van der Waals surface area contributed by atoms with E-state index in [4.69, 9.17) is 12.6 Å². The molecule has 0 amide bonds. The molecule has 0 atom stereocenters. The van der Waals surface area contributed by atoms with Crippen LogP contribution in [0.25, 0.3) is 5.78 Å². The second-order valence-electron chi connectivity index (χ2n) is 2.52. The van der Waals surface area contributed by atoms with Crippen LogP contribution < -0.4 is 0 Å². The van der Waals surface area contributed by atoms with E-state index in [-0.39, 0.29) is 0 Å². The minimum absolute atomic E-state index is 0.461. The molecule has 12 heavy (non-hydrogen) atoms. The van der Waals surface area contributed by atoms with Gasteiger partial charge >= 0.3 is 0 Å². The first-order valence-corrected chi connectivity index (χ1v) is 3.83. The number of hydrogen-bond acceptors (Lipinski definition) is 4. The number of aromatic nitrogens is 5. The van der Waals surface area contributed by atoms with Gasteiger partial charge in [0.2, 0.25) is 0 Å². The van der Waals surface area contributed by atoms with E-state index in [1.165, 1.54) is 4.52 Å². The van der Waals surface area contributed by atoms with E-state index in [9.17, 15) is 0 Å². The molecule has 1 radical (unpaired) electrons. The molecule has 0 spiro atoms. The Hall–Kier alpha value is -1.30. The first-order chi connectivity index (χ1) is 5.70. The normalized spacial score (nSPS) is 10.8. The van der Waals surface area contributed by atoms with Gasteiger partial charge in [-0.25, -0.2) is 4.98 Å². The fraction of sp³-hybridized carbons (Fsp3) is 0.333. The van der Waals surface area contributed by atoms with Crippen molar-refractivity contribution in [2.45, 2.75) is 18.9 Å². The van der Waals surface area contributed by atoms with Crippen LogP contribution in [0.15, 0.2) is 5.03 Å². The minimum Gasteiger partial charge on any atom is -0.215 e. The van der Waals surface area contributed by atoms with Gasteiger partial charge in [-0.3, -0.25) is 0 Å². The van der Waals surface area contributed by atoms with E-state index in [0.29, 0.717) is 10.8 Å². The topological polar surface area (TPSA) is 56.0 Å². The molecule has 0 saturated carbocycles. The van der Waals surface area contributed by atoms with Gasteiger partial charge in [-0.05, 0) is 24.3 Å². The summed E-state index contributed by atoms with van der Waals surface area (Å²) < 4.78 is 1.46. The summed E-state index contributed by atoms with van der Waals surface area (Å²) in [5, 5.41) is 11.5. The molecule has 6 heteroatoms. The number of fused-ring (bicyclic) bond motifs is 1. The number of tetrazole rings is 1. The number of aryl methyl sites for hydroxylation is 1. The van der Waals surface area contributed by atoms with Crippen LogP contribution in [0.2, 0.25) is 0 Å². The van der Waals surface area contributed by atoms with Crippen LogP contribution in [0.5, 0.6) is 0 Å². The largest absolute Gasteiger partial charge is 0.274 e. The molecule has 0 aliphatic carbocycles. The third-order valence-corrected chi connectivity index (χ3v) is 2.26. The maximum atomic E-state index is 5.12. The highest BCUT2D eigenvalue weighted by atomic mass is 32.1. The van der Waals surface area contributed by atoms with E-state index in [1.807, 2.05) is 13.8 Å². The molecule has 2 aromatic heterocycles. The summed E-state index contributed by atoms with van der Waals surface area (Å²) in [6.07, 6.45) is 0. The zero-order valence-corrected chi connectivity index (χ0v) is 7.46. The molecule has 2 heterocycles. The molecular formula is C6H6N5S. The van der Waals surface area contributed by atoms with Crippen molar-refractivity contribution < 1.29 is 0 Å². The van der Waals surface area contributed by atoms with Gasteiger partial charge in [-0.2, -0.15) is 4.52 Å². The number of rotatable bonds is 0. The highest BCUT2D eigenvalue weighted by Crippen LogP contribution is 2.14. The molecule has 2 aromatic rings. The molecule has 0 unspecified atom stereocenters. The summed E-state index contributed by atoms with van der Waals surface area (Å²) in [7, 11) is 0. The van der Waals surface area contributed by atoms with Crippen molar-refractivity contribution in [3.05, 3.63) is 11.3 Å². The lowest BCUT2D eigenvalue weighted by molar-refractivity contribution is 0.756. The van der Waals surface area contributed by atoms with Gasteiger partial charge in [0, 0.05) is 11.3 Å². The van der Waals surface area contributed by atoms with Crippen molar-refractivity contribution in [2.75, 3.05) is 0 Å². The lowest BCUT2D eigenvalue weighted by atomic mass is 10.3. The van der Waals surface area contributed by atoms with E-state index < -0.39 is 0 Å². The Morgan fingerprint density at radius 2 is 2.08 bits per heavy atom. The molecule has 0 bridgehead atoms. The minimum atomic E-state index is 0.461. The predicted molar refractivity (Wildman–Crippen MR) is 43.9 cm³/mol. The van der Waals surface area contributed by atoms with Crippen molar-refractivity contribution in [1.29, 1.82) is 0 Å². The second kappa shape index (κ2) is 2.34. The zero-order chi connectivity index (χ0) is 8.72. The van der Waals surface area contributed by atoms with Crippen molar-refractivity contribution in [2.24, 2.45) is 0 Å². The van der Waals surface area contributed by atoms with Crippen molar-refractivity contribution in [1.82, 2.24) is 25.0 Å². The Balaban J connectivity index is 2.94. The average Bonchev–Trinajstić information content (AvgIpc) is 2.48. The molecule has 5 nitrogen and oxygen atoms in total. The first kappa shape index (κ1) is 7.35. The fourth-order valence-electron chi connectivity index (χ4n) is 0.931. The average molecular weight is 180 g/mol. The van der Waals surface area contributed by atoms with Crippen LogP contribution in [-0.2, 0) is 0 Å². The molecule has 2 rings (SSSR count). The number of hydrogen-bond donors (Lipinski definition) is 0. The van der Waals surface area contributed by atoms with E-state index in [0.717, 1.165) is 11.3 Å². The van der Waals surface area contributed by atoms with Gasteiger partial charge in [-0.1, -0.05) is 17.7 Å². The van der Waals surface area contributed by atoms with Crippen LogP contribution in [0.4, 0.5) is 0 Å². The van der Waals surface area contributed by atoms with Gasteiger partial charge in [0.1, 0.15) is 5.03 Å². The van der Waals surface area contributed by atoms with Crippen molar-refractivity contribution in [3.63, 3.8) is 0 Å². The van der Waals surface area contributed by atoms with Crippen molar-refractivity contribution in [3.8, 4) is 0 Å². The zero-order valence-electron chi connectivity index (χ0n) is 6.64. The summed E-state index contributed by atoms with van der Waals surface area (Å²) in [6, 6.07) is 0. The Bertz CT molecular complexity index is 435. The fourth-order valence-corrected chi connectivity index (χ4v) is 1.20. The maximum Gasteiger partial charge on any atom is 0.274 e. The van der Waals surface area contributed by atoms with Gasteiger partial charge in [0.25, 0.3) is 5.78 Å². The summed E-state index contributed by atoms with van der Waals surface area (Å²) in [6.45, 7) is 3.80. The third kappa shape index (κ3) is 0.845. The third-order valence-electron chi connectivity index (χ3n) is 1.78. The molecule has 0 aliphatic heterocycles. The Morgan fingerprint density at radius 1 is 1.33 bits per heavy atom. The van der Waals surface area contributed by atoms with Crippen LogP contribution in [0, 0.1) is 13.8 Å². The van der Waals surface area contributed by atoms with Gasteiger partial charge in [0.05, 0.1) is 0 Å². The van der Waals surface area contributed by atoms with Gasteiger partial charge in [0.15, 0.2) is 0 Å². The van der Waals surface area contributed by atoms with E-state index in [1.54, 1.807) is 0 Å². The summed E-state index contributed by atoms with van der Waals surface area (Å²) in [4.78, 5) is 4.16. The van der Waals surface area contributed by atoms with E-state index >= 15 is 0 Å². The number of nitrogens with zero attached hydrogens (tertiary/aromatic N) is 5. The SMILES string of the molecule is Cc1nc2nnnn2c([S])c1C. The smallest absolute Gasteiger partial charge is 0.215 e. The first-order valence-electron chi connectivity index (χ1n) is 3.42. The second-order valence-corrected chi connectivity index (χ2v) is 2.90. The Morgan fingerprint density at radius 3 is 2.83 bits per heavy atom. The van der Waals surface area contributed by atoms with Crippen LogP contribution in [-0.4, -0.2) is 25.0 Å². The van der Waals surface area contributed by atoms with Crippen LogP contribution >= 0.6 is 12.6 Å². The summed E-state index contributed by atoms with van der Waals surface area (Å²) >= 11 is 5.12. The van der Waals surface area contributed by atoms with Crippen molar-refractivity contribution >= 4 is 18.4 Å². The molecule has 0 aromatic carbocycles. The van der Waals surface area contributed by atoms with Crippen LogP contribution in [0.1, 0.15) is 11.3 Å². The molecule has 0 saturated heterocycles. The molecule has 61 valence electrons. The molecular weight excluding hydrogens is 174 g/mol. The summed E-state index contributed by atoms with van der Waals surface area (Å²) in [5.74, 6) is 0.461. The monoisotopic (exact) mass is 180 g/mol. The quantitative estimate of drug-likeness (QED) is 0.560. The van der Waals surface area contributed by atoms with Gasteiger partial charge < -0.3 is 0 Å². The summed E-state index contributed by atoms with van der Waals surface area (Å²) in [5.41, 5.74) is 1.83. The lowest BCUT2D eigenvalue weighted by Crippen LogP contribution is -1.99. The molecule has 0 fully saturated rings. The highest BCUT2D eigenvalue weighted by Gasteiger charge is 2.08. The maximum absolute atomic E-state index is 5.12. The lowest BCUT2D eigenvalue weighted by Gasteiger charge is -2.01. The standard InChI is InChI=1S/C6H6N5S/c1-3-4(2)7-6-8-9-10-11(6)5(3)12/h1-2H3. The van der Waals surface area contributed by atoms with Gasteiger partial charge in [-0.15, -0.1) is 0 Å². The van der Waals surface area contributed by atoms with Crippen LogP contribution in [0.3, 0.4) is 0 Å². The Labute approximate surface area is 74.2 Å². The predicted octanol–water partition coefficient (Wildman–Crippen LogP) is 0.693. The molecule has 0 aliphatic rings. The van der Waals surface area contributed by atoms with E-state index in [2.05, 4.69) is 20.5 Å². The molecule has 0 N–H and O–H groups in total. The highest BCUT2D eigenvalue weighted by molar-refractivity contribution is 7.80.